The van der Waals surface area contributed by atoms with Crippen molar-refractivity contribution in [2.75, 3.05) is 17.2 Å². The monoisotopic (exact) mass is 641 g/mol. The molecule has 1 fully saturated rings. The highest BCUT2D eigenvalue weighted by molar-refractivity contribution is 6.12. The van der Waals surface area contributed by atoms with Crippen molar-refractivity contribution in [1.29, 1.82) is 0 Å². The molecule has 1 unspecified atom stereocenters. The lowest BCUT2D eigenvalue weighted by molar-refractivity contribution is -0.169. The molecule has 46 heavy (non-hydrogen) atoms. The number of Topliss-reactive ketones (excluding diaryl/α,β-unsaturated/α-hetero) is 1. The first-order valence-corrected chi connectivity index (χ1v) is 14.9. The lowest BCUT2D eigenvalue weighted by atomic mass is 9.99. The topological polar surface area (TPSA) is 116 Å². The molecule has 0 bridgehead atoms. The van der Waals surface area contributed by atoms with E-state index in [-0.39, 0.29) is 35.4 Å². The van der Waals surface area contributed by atoms with Crippen LogP contribution >= 0.6 is 0 Å². The van der Waals surface area contributed by atoms with Crippen LogP contribution in [0.2, 0.25) is 0 Å². The van der Waals surface area contributed by atoms with Gasteiger partial charge in [0.1, 0.15) is 5.60 Å². The zero-order valence-electron chi connectivity index (χ0n) is 26.5. The minimum Gasteiger partial charge on any atom is -0.444 e. The van der Waals surface area contributed by atoms with Crippen LogP contribution in [0.4, 0.5) is 29.3 Å². The van der Waals surface area contributed by atoms with Gasteiger partial charge in [-0.3, -0.25) is 19.9 Å². The first-order valence-electron chi connectivity index (χ1n) is 14.9. The van der Waals surface area contributed by atoms with Crippen LogP contribution in [0.15, 0.2) is 48.5 Å². The number of benzene rings is 2. The van der Waals surface area contributed by atoms with Gasteiger partial charge in [0.15, 0.2) is 12.1 Å². The lowest BCUT2D eigenvalue weighted by Gasteiger charge is -2.22. The van der Waals surface area contributed by atoms with Gasteiger partial charge in [0, 0.05) is 17.9 Å². The van der Waals surface area contributed by atoms with Gasteiger partial charge in [-0.05, 0) is 101 Å². The summed E-state index contributed by atoms with van der Waals surface area (Å²) in [5, 5.41) is 4.75. The maximum atomic E-state index is 13.7. The Hall–Kier alpha value is -4.29. The van der Waals surface area contributed by atoms with E-state index in [4.69, 9.17) is 14.2 Å². The number of aromatic nitrogens is 1. The number of alkyl halides is 3. The maximum Gasteiger partial charge on any atom is 0.416 e. The molecular formula is C34H38F3N3O6. The Bertz CT molecular complexity index is 1590. The van der Waals surface area contributed by atoms with Gasteiger partial charge in [0.05, 0.1) is 35.7 Å². The summed E-state index contributed by atoms with van der Waals surface area (Å²) >= 11 is 0. The largest absolute Gasteiger partial charge is 0.444 e. The molecule has 0 spiro atoms. The van der Waals surface area contributed by atoms with Crippen molar-refractivity contribution in [3.8, 4) is 11.1 Å². The Morgan fingerprint density at radius 3 is 2.37 bits per heavy atom. The SMILES string of the molecule is Cc1cc(-c2cccc(C(=O)CC(=O)Nc3cc(C(F)(F)F)c(C)cc3NC(=O)OC(C)(C)C)c2)cc(COC2CCCCO2)n1. The molecule has 12 heteroatoms. The highest BCUT2D eigenvalue weighted by Crippen LogP contribution is 2.37. The number of hydrogen-bond donors (Lipinski definition) is 2. The van der Waals surface area contributed by atoms with Gasteiger partial charge in [0.2, 0.25) is 5.91 Å². The van der Waals surface area contributed by atoms with Gasteiger partial charge in [-0.25, -0.2) is 4.79 Å². The number of carbonyl (C=O) groups excluding carboxylic acids is 3. The normalized spacial score (nSPS) is 15.3. The molecule has 1 aliphatic rings. The molecule has 0 aliphatic carbocycles. The van der Waals surface area contributed by atoms with E-state index in [1.807, 2.05) is 25.1 Å². The van der Waals surface area contributed by atoms with Crippen molar-refractivity contribution in [3.05, 3.63) is 76.6 Å². The number of nitrogens with zero attached hydrogens (tertiary/aromatic N) is 1. The van der Waals surface area contributed by atoms with Crippen LogP contribution < -0.4 is 10.6 Å². The Morgan fingerprint density at radius 2 is 1.70 bits per heavy atom. The third-order valence-corrected chi connectivity index (χ3v) is 6.98. The number of amides is 2. The Kier molecular flexibility index (Phi) is 10.8. The molecule has 246 valence electrons. The van der Waals surface area contributed by atoms with Crippen molar-refractivity contribution < 1.29 is 41.8 Å². The smallest absolute Gasteiger partial charge is 0.416 e. The molecule has 9 nitrogen and oxygen atoms in total. The number of ketones is 1. The fourth-order valence-electron chi connectivity index (χ4n) is 4.95. The van der Waals surface area contributed by atoms with Crippen molar-refractivity contribution in [2.24, 2.45) is 0 Å². The van der Waals surface area contributed by atoms with Crippen molar-refractivity contribution in [2.45, 2.75) is 85.0 Å². The average Bonchev–Trinajstić information content (AvgIpc) is 2.96. The Balaban J connectivity index is 1.49. The summed E-state index contributed by atoms with van der Waals surface area (Å²) in [5.41, 5.74) is 0.730. The number of hydrogen-bond acceptors (Lipinski definition) is 7. The number of pyridine rings is 1. The summed E-state index contributed by atoms with van der Waals surface area (Å²) < 4.78 is 57.7. The summed E-state index contributed by atoms with van der Waals surface area (Å²) in [5.74, 6) is -1.41. The predicted octanol–water partition coefficient (Wildman–Crippen LogP) is 7.99. The van der Waals surface area contributed by atoms with Gasteiger partial charge in [-0.2, -0.15) is 13.2 Å². The fraction of sp³-hybridized carbons (Fsp3) is 0.412. The van der Waals surface area contributed by atoms with Crippen LogP contribution in [0, 0.1) is 13.8 Å². The molecule has 0 radical (unpaired) electrons. The number of rotatable bonds is 9. The van der Waals surface area contributed by atoms with E-state index in [1.165, 1.54) is 6.92 Å². The number of ether oxygens (including phenoxy) is 3. The molecule has 1 aliphatic heterocycles. The predicted molar refractivity (Wildman–Crippen MR) is 166 cm³/mol. The van der Waals surface area contributed by atoms with E-state index in [1.54, 1.807) is 39.0 Å². The van der Waals surface area contributed by atoms with Crippen LogP contribution in [0.1, 0.15) is 79.3 Å². The molecule has 1 atom stereocenters. The van der Waals surface area contributed by atoms with E-state index in [9.17, 15) is 27.6 Å². The van der Waals surface area contributed by atoms with Gasteiger partial charge in [-0.1, -0.05) is 18.2 Å². The number of anilines is 2. The first-order chi connectivity index (χ1) is 21.6. The zero-order chi connectivity index (χ0) is 33.6. The molecule has 2 N–H and O–H groups in total. The lowest BCUT2D eigenvalue weighted by Crippen LogP contribution is -2.28. The number of nitrogens with one attached hydrogen (secondary N) is 2. The van der Waals surface area contributed by atoms with Crippen molar-refractivity contribution in [3.63, 3.8) is 0 Å². The van der Waals surface area contributed by atoms with E-state index in [0.29, 0.717) is 17.9 Å². The third kappa shape index (κ3) is 9.85. The van der Waals surface area contributed by atoms with Gasteiger partial charge in [-0.15, -0.1) is 0 Å². The zero-order valence-corrected chi connectivity index (χ0v) is 26.5. The van der Waals surface area contributed by atoms with Crippen molar-refractivity contribution in [1.82, 2.24) is 4.98 Å². The standard InChI is InChI=1S/C34H38F3N3O6/c1-20-13-27(40-32(43)46-33(3,4)5)28(17-26(20)34(35,36)37)39-30(42)18-29(41)23-10-8-9-22(15-23)24-14-21(2)38-25(16-24)19-45-31-11-6-7-12-44-31/h8-10,13-17,31H,6-7,11-12,18-19H2,1-5H3,(H,39,42)(H,40,43). The Labute approximate surface area is 265 Å². The molecule has 0 saturated carbocycles. The highest BCUT2D eigenvalue weighted by atomic mass is 19.4. The van der Waals surface area contributed by atoms with Crippen LogP contribution in [0.5, 0.6) is 0 Å². The van der Waals surface area contributed by atoms with E-state index in [2.05, 4.69) is 15.6 Å². The summed E-state index contributed by atoms with van der Waals surface area (Å²) in [4.78, 5) is 43.1. The molecule has 1 aromatic heterocycles. The van der Waals surface area contributed by atoms with Crippen LogP contribution in [-0.2, 0) is 31.8 Å². The minimum absolute atomic E-state index is 0.106. The Morgan fingerprint density at radius 1 is 0.957 bits per heavy atom. The van der Waals surface area contributed by atoms with Crippen LogP contribution in [0.3, 0.4) is 0 Å². The summed E-state index contributed by atoms with van der Waals surface area (Å²) in [6.45, 7) is 8.90. The molecule has 2 aromatic carbocycles. The summed E-state index contributed by atoms with van der Waals surface area (Å²) in [6, 6.07) is 12.2. The molecule has 2 amide bonds. The third-order valence-electron chi connectivity index (χ3n) is 6.98. The summed E-state index contributed by atoms with van der Waals surface area (Å²) in [6.07, 6.45) is -3.67. The number of carbonyl (C=O) groups is 3. The van der Waals surface area contributed by atoms with Crippen LogP contribution in [0.25, 0.3) is 11.1 Å². The number of halogens is 3. The highest BCUT2D eigenvalue weighted by Gasteiger charge is 2.34. The summed E-state index contributed by atoms with van der Waals surface area (Å²) in [7, 11) is 0. The second kappa shape index (κ2) is 14.4. The van der Waals surface area contributed by atoms with Crippen molar-refractivity contribution >= 4 is 29.2 Å². The first kappa shape index (κ1) is 34.6. The molecule has 4 rings (SSSR count). The molecular weight excluding hydrogens is 603 g/mol. The van der Waals surface area contributed by atoms with Gasteiger partial charge in [0.25, 0.3) is 0 Å². The number of aryl methyl sites for hydroxylation is 2. The molecule has 3 aromatic rings. The van der Waals surface area contributed by atoms with E-state index < -0.39 is 41.5 Å². The minimum atomic E-state index is -4.72. The van der Waals surface area contributed by atoms with Crippen LogP contribution in [-0.4, -0.2) is 41.3 Å². The molecule has 1 saturated heterocycles. The van der Waals surface area contributed by atoms with E-state index in [0.717, 1.165) is 42.7 Å². The molecule has 2 heterocycles. The van der Waals surface area contributed by atoms with Gasteiger partial charge >= 0.3 is 12.3 Å². The van der Waals surface area contributed by atoms with E-state index >= 15 is 0 Å². The fourth-order valence-corrected chi connectivity index (χ4v) is 4.95. The second-order valence-corrected chi connectivity index (χ2v) is 12.2. The average molecular weight is 642 g/mol. The maximum absolute atomic E-state index is 13.7. The van der Waals surface area contributed by atoms with Gasteiger partial charge < -0.3 is 19.5 Å². The second-order valence-electron chi connectivity index (χ2n) is 12.2. The quantitative estimate of drug-likeness (QED) is 0.180.